The van der Waals surface area contributed by atoms with E-state index in [0.717, 1.165) is 24.7 Å². The molecule has 21 heavy (non-hydrogen) atoms. The Balaban J connectivity index is 2.29. The molecule has 1 fully saturated rings. The summed E-state index contributed by atoms with van der Waals surface area (Å²) >= 11 is 0. The van der Waals surface area contributed by atoms with Gasteiger partial charge in [0.1, 0.15) is 0 Å². The van der Waals surface area contributed by atoms with Crippen molar-refractivity contribution in [3.8, 4) is 0 Å². The Bertz CT molecular complexity index is 411. The average molecular weight is 288 g/mol. The van der Waals surface area contributed by atoms with Crippen molar-refractivity contribution in [2.45, 2.75) is 71.3 Å². The van der Waals surface area contributed by atoms with Gasteiger partial charge in [-0.1, -0.05) is 58.0 Å². The fourth-order valence-electron chi connectivity index (χ4n) is 4.74. The Hall–Kier alpha value is -0.820. The number of aliphatic hydroxyl groups excluding tert-OH is 1. The van der Waals surface area contributed by atoms with E-state index in [-0.39, 0.29) is 11.5 Å². The Morgan fingerprint density at radius 3 is 2.00 bits per heavy atom. The molecule has 1 nitrogen and oxygen atoms in total. The van der Waals surface area contributed by atoms with E-state index in [1.165, 1.54) is 24.8 Å². The zero-order chi connectivity index (χ0) is 15.5. The van der Waals surface area contributed by atoms with Gasteiger partial charge in [-0.15, -0.1) is 0 Å². The first-order valence-electron chi connectivity index (χ1n) is 8.77. The molecule has 0 saturated heterocycles. The van der Waals surface area contributed by atoms with Crippen molar-refractivity contribution in [2.75, 3.05) is 0 Å². The quantitative estimate of drug-likeness (QED) is 0.791. The van der Waals surface area contributed by atoms with Gasteiger partial charge in [0.25, 0.3) is 0 Å². The molecule has 0 heterocycles. The highest BCUT2D eigenvalue weighted by molar-refractivity contribution is 5.27. The minimum absolute atomic E-state index is 0.0806. The van der Waals surface area contributed by atoms with Crippen LogP contribution in [0.2, 0.25) is 0 Å². The van der Waals surface area contributed by atoms with E-state index in [9.17, 15) is 5.11 Å². The van der Waals surface area contributed by atoms with Crippen LogP contribution in [0.1, 0.15) is 65.4 Å². The molecule has 2 rings (SSSR count). The van der Waals surface area contributed by atoms with Crippen molar-refractivity contribution in [1.29, 1.82) is 0 Å². The molecule has 118 valence electrons. The van der Waals surface area contributed by atoms with Gasteiger partial charge in [0, 0.05) is 5.41 Å². The van der Waals surface area contributed by atoms with Gasteiger partial charge in [-0.2, -0.15) is 0 Å². The van der Waals surface area contributed by atoms with E-state index in [1.54, 1.807) is 0 Å². The fourth-order valence-corrected chi connectivity index (χ4v) is 4.74. The molecule has 0 amide bonds. The first kappa shape index (κ1) is 16.5. The second-order valence-electron chi connectivity index (χ2n) is 7.35. The summed E-state index contributed by atoms with van der Waals surface area (Å²) in [5.41, 5.74) is 1.23. The smallest absolute Gasteiger partial charge is 0.0664 e. The third-order valence-corrected chi connectivity index (χ3v) is 5.84. The Morgan fingerprint density at radius 1 is 1.00 bits per heavy atom. The number of benzene rings is 1. The van der Waals surface area contributed by atoms with Crippen molar-refractivity contribution in [3.05, 3.63) is 35.9 Å². The lowest BCUT2D eigenvalue weighted by Crippen LogP contribution is -2.45. The molecular formula is C20H32O. The second kappa shape index (κ2) is 6.96. The maximum atomic E-state index is 11.3. The SMILES string of the molecule is CCC(CC)(c1ccccc1)C(O)C1CC(C)CC(C)C1. The zero-order valence-corrected chi connectivity index (χ0v) is 14.2. The van der Waals surface area contributed by atoms with Crippen LogP contribution in [0.25, 0.3) is 0 Å². The zero-order valence-electron chi connectivity index (χ0n) is 14.2. The highest BCUT2D eigenvalue weighted by Crippen LogP contribution is 2.44. The molecule has 0 radical (unpaired) electrons. The lowest BCUT2D eigenvalue weighted by molar-refractivity contribution is -0.00927. The van der Waals surface area contributed by atoms with E-state index in [1.807, 2.05) is 0 Å². The van der Waals surface area contributed by atoms with Crippen LogP contribution in [0.5, 0.6) is 0 Å². The highest BCUT2D eigenvalue weighted by Gasteiger charge is 2.42. The molecule has 0 aliphatic heterocycles. The molecule has 1 aliphatic carbocycles. The summed E-state index contributed by atoms with van der Waals surface area (Å²) in [6.07, 6.45) is 5.47. The maximum absolute atomic E-state index is 11.3. The van der Waals surface area contributed by atoms with E-state index in [0.29, 0.717) is 5.92 Å². The summed E-state index contributed by atoms with van der Waals surface area (Å²) in [5, 5.41) is 11.3. The van der Waals surface area contributed by atoms with Gasteiger partial charge in [0.2, 0.25) is 0 Å². The molecule has 1 heteroatoms. The molecule has 0 bridgehead atoms. The van der Waals surface area contributed by atoms with Gasteiger partial charge in [-0.25, -0.2) is 0 Å². The van der Waals surface area contributed by atoms with E-state index in [2.05, 4.69) is 58.0 Å². The normalized spacial score (nSPS) is 28.3. The summed E-state index contributed by atoms with van der Waals surface area (Å²) in [6.45, 7) is 9.15. The summed E-state index contributed by atoms with van der Waals surface area (Å²) in [6, 6.07) is 10.7. The lowest BCUT2D eigenvalue weighted by Gasteiger charge is -2.44. The fraction of sp³-hybridized carbons (Fsp3) is 0.700. The van der Waals surface area contributed by atoms with Gasteiger partial charge in [0.05, 0.1) is 6.10 Å². The molecule has 0 aromatic heterocycles. The van der Waals surface area contributed by atoms with Gasteiger partial charge >= 0.3 is 0 Å². The van der Waals surface area contributed by atoms with Crippen LogP contribution in [0.15, 0.2) is 30.3 Å². The van der Waals surface area contributed by atoms with Crippen molar-refractivity contribution >= 4 is 0 Å². The summed E-state index contributed by atoms with van der Waals surface area (Å²) in [5.74, 6) is 1.94. The predicted molar refractivity (Wildman–Crippen MR) is 90.4 cm³/mol. The largest absolute Gasteiger partial charge is 0.392 e. The second-order valence-corrected chi connectivity index (χ2v) is 7.35. The third-order valence-electron chi connectivity index (χ3n) is 5.84. The van der Waals surface area contributed by atoms with Crippen LogP contribution in [0, 0.1) is 17.8 Å². The van der Waals surface area contributed by atoms with Gasteiger partial charge in [0.15, 0.2) is 0 Å². The Kier molecular flexibility index (Phi) is 5.48. The van der Waals surface area contributed by atoms with E-state index in [4.69, 9.17) is 0 Å². The number of hydrogen-bond donors (Lipinski definition) is 1. The summed E-state index contributed by atoms with van der Waals surface area (Å²) < 4.78 is 0. The van der Waals surface area contributed by atoms with Crippen LogP contribution < -0.4 is 0 Å². The minimum atomic E-state index is -0.222. The molecule has 1 aliphatic rings. The maximum Gasteiger partial charge on any atom is 0.0664 e. The predicted octanol–water partition coefficient (Wildman–Crippen LogP) is 5.18. The number of hydrogen-bond acceptors (Lipinski definition) is 1. The molecule has 3 unspecified atom stereocenters. The summed E-state index contributed by atoms with van der Waals surface area (Å²) in [7, 11) is 0. The number of aliphatic hydroxyl groups is 1. The molecule has 3 atom stereocenters. The average Bonchev–Trinajstić information content (AvgIpc) is 2.49. The van der Waals surface area contributed by atoms with Crippen molar-refractivity contribution < 1.29 is 5.11 Å². The lowest BCUT2D eigenvalue weighted by atomic mass is 9.63. The molecule has 1 saturated carbocycles. The van der Waals surface area contributed by atoms with Gasteiger partial charge in [-0.05, 0) is 55.4 Å². The summed E-state index contributed by atoms with van der Waals surface area (Å²) in [4.78, 5) is 0. The van der Waals surface area contributed by atoms with Gasteiger partial charge < -0.3 is 5.11 Å². The Morgan fingerprint density at radius 2 is 1.52 bits per heavy atom. The van der Waals surface area contributed by atoms with Crippen LogP contribution in [0.3, 0.4) is 0 Å². The Labute approximate surface area is 130 Å². The topological polar surface area (TPSA) is 20.2 Å². The van der Waals surface area contributed by atoms with Crippen molar-refractivity contribution in [3.63, 3.8) is 0 Å². The van der Waals surface area contributed by atoms with Crippen molar-refractivity contribution in [1.82, 2.24) is 0 Å². The van der Waals surface area contributed by atoms with Crippen LogP contribution in [-0.4, -0.2) is 11.2 Å². The minimum Gasteiger partial charge on any atom is -0.392 e. The number of rotatable bonds is 5. The molecule has 1 N–H and O–H groups in total. The standard InChI is InChI=1S/C20H32O/c1-5-20(6-2,18-10-8-7-9-11-18)19(21)17-13-15(3)12-16(4)14-17/h7-11,15-17,19,21H,5-6,12-14H2,1-4H3. The molecule has 0 spiro atoms. The first-order valence-corrected chi connectivity index (χ1v) is 8.77. The molecule has 1 aromatic rings. The van der Waals surface area contributed by atoms with Gasteiger partial charge in [-0.3, -0.25) is 0 Å². The van der Waals surface area contributed by atoms with Crippen LogP contribution in [-0.2, 0) is 5.41 Å². The molecule has 1 aromatic carbocycles. The van der Waals surface area contributed by atoms with E-state index < -0.39 is 0 Å². The van der Waals surface area contributed by atoms with Crippen LogP contribution in [0.4, 0.5) is 0 Å². The first-order chi connectivity index (χ1) is 10.0. The highest BCUT2D eigenvalue weighted by atomic mass is 16.3. The third kappa shape index (κ3) is 3.34. The van der Waals surface area contributed by atoms with E-state index >= 15 is 0 Å². The molecular weight excluding hydrogens is 256 g/mol. The van der Waals surface area contributed by atoms with Crippen molar-refractivity contribution in [2.24, 2.45) is 17.8 Å². The monoisotopic (exact) mass is 288 g/mol. The van der Waals surface area contributed by atoms with Crippen LogP contribution >= 0.6 is 0 Å².